The molecule has 0 aliphatic carbocycles. The van der Waals surface area contributed by atoms with E-state index in [2.05, 4.69) is 9.97 Å². The van der Waals surface area contributed by atoms with Crippen molar-refractivity contribution in [3.63, 3.8) is 0 Å². The highest BCUT2D eigenvalue weighted by molar-refractivity contribution is 5.85. The van der Waals surface area contributed by atoms with Crippen molar-refractivity contribution in [3.05, 3.63) is 23.7 Å². The average Bonchev–Trinajstić information content (AvgIpc) is 2.31. The van der Waals surface area contributed by atoms with Gasteiger partial charge < -0.3 is 4.42 Å². The third kappa shape index (κ3) is 1.28. The van der Waals surface area contributed by atoms with Gasteiger partial charge in [0.1, 0.15) is 5.52 Å². The van der Waals surface area contributed by atoms with Crippen molar-refractivity contribution in [1.82, 2.24) is 9.97 Å². The Bertz CT molecular complexity index is 397. The minimum atomic E-state index is 0. The van der Waals surface area contributed by atoms with Gasteiger partial charge in [-0.2, -0.15) is 0 Å². The predicted molar refractivity (Wildman–Crippen MR) is 48.5 cm³/mol. The van der Waals surface area contributed by atoms with Gasteiger partial charge in [0.25, 0.3) is 0 Å². The summed E-state index contributed by atoms with van der Waals surface area (Å²) >= 11 is 0. The zero-order valence-electron chi connectivity index (χ0n) is 6.87. The second-order valence-electron chi connectivity index (χ2n) is 2.51. The van der Waals surface area contributed by atoms with Gasteiger partial charge in [0.05, 0.1) is 0 Å². The molecule has 12 heavy (non-hydrogen) atoms. The Hall–Kier alpha value is -1.09. The number of aromatic nitrogens is 2. The van der Waals surface area contributed by atoms with Crippen LogP contribution in [0.25, 0.3) is 11.2 Å². The molecule has 0 spiro atoms. The van der Waals surface area contributed by atoms with Crippen LogP contribution in [-0.4, -0.2) is 9.97 Å². The molecule has 64 valence electrons. The summed E-state index contributed by atoms with van der Waals surface area (Å²) in [5.41, 5.74) is 2.60. The second kappa shape index (κ2) is 3.11. The molecule has 0 aromatic carbocycles. The zero-order chi connectivity index (χ0) is 7.84. The Labute approximate surface area is 76.2 Å². The molecule has 0 bridgehead atoms. The first-order chi connectivity index (χ1) is 5.27. The summed E-state index contributed by atoms with van der Waals surface area (Å²) in [6.45, 7) is 3.81. The summed E-state index contributed by atoms with van der Waals surface area (Å²) < 4.78 is 5.23. The van der Waals surface area contributed by atoms with Crippen LogP contribution in [0.1, 0.15) is 11.5 Å². The molecule has 2 rings (SSSR count). The Morgan fingerprint density at radius 1 is 1.33 bits per heavy atom. The number of halogens is 1. The fraction of sp³-hybridized carbons (Fsp3) is 0.250. The first-order valence-corrected chi connectivity index (χ1v) is 3.46. The minimum absolute atomic E-state index is 0. The molecule has 2 heterocycles. The molecule has 4 heteroatoms. The summed E-state index contributed by atoms with van der Waals surface area (Å²) in [5, 5.41) is 0. The summed E-state index contributed by atoms with van der Waals surface area (Å²) in [6, 6.07) is 1.92. The van der Waals surface area contributed by atoms with E-state index in [1.807, 2.05) is 19.9 Å². The van der Waals surface area contributed by atoms with E-state index in [0.29, 0.717) is 11.6 Å². The normalized spacial score (nSPS) is 9.83. The van der Waals surface area contributed by atoms with Crippen molar-refractivity contribution >= 4 is 23.6 Å². The highest BCUT2D eigenvalue weighted by Gasteiger charge is 2.03. The van der Waals surface area contributed by atoms with Crippen molar-refractivity contribution in [2.45, 2.75) is 13.8 Å². The number of hydrogen-bond acceptors (Lipinski definition) is 3. The number of hydrogen-bond donors (Lipinski definition) is 0. The van der Waals surface area contributed by atoms with Crippen LogP contribution in [0.3, 0.4) is 0 Å². The molecule has 0 atom stereocenters. The maximum Gasteiger partial charge on any atom is 0.247 e. The molecule has 2 aromatic rings. The number of pyridine rings is 1. The Kier molecular flexibility index (Phi) is 2.33. The summed E-state index contributed by atoms with van der Waals surface area (Å²) in [6.07, 6.45) is 1.72. The molecule has 0 saturated carbocycles. The predicted octanol–water partition coefficient (Wildman–Crippen LogP) is 2.26. The van der Waals surface area contributed by atoms with Crippen LogP contribution < -0.4 is 0 Å². The lowest BCUT2D eigenvalue weighted by atomic mass is 10.3. The largest absolute Gasteiger partial charge is 0.423 e. The number of nitrogens with zero attached hydrogens (tertiary/aromatic N) is 2. The fourth-order valence-corrected chi connectivity index (χ4v) is 1.06. The molecule has 0 aliphatic heterocycles. The third-order valence-corrected chi connectivity index (χ3v) is 1.61. The van der Waals surface area contributed by atoms with Crippen LogP contribution >= 0.6 is 12.4 Å². The van der Waals surface area contributed by atoms with Crippen LogP contribution in [-0.2, 0) is 0 Å². The van der Waals surface area contributed by atoms with Gasteiger partial charge in [-0.1, -0.05) is 0 Å². The lowest BCUT2D eigenvalue weighted by Gasteiger charge is -1.87. The molecule has 0 fully saturated rings. The second-order valence-corrected chi connectivity index (χ2v) is 2.51. The zero-order valence-corrected chi connectivity index (χ0v) is 7.68. The van der Waals surface area contributed by atoms with Crippen LogP contribution in [0.4, 0.5) is 0 Å². The molecule has 0 N–H and O–H groups in total. The lowest BCUT2D eigenvalue weighted by molar-refractivity contribution is 0.551. The molecule has 0 unspecified atom stereocenters. The van der Waals surface area contributed by atoms with E-state index in [1.54, 1.807) is 6.20 Å². The number of aryl methyl sites for hydroxylation is 2. The first-order valence-electron chi connectivity index (χ1n) is 3.46. The Balaban J connectivity index is 0.000000720. The Morgan fingerprint density at radius 3 is 2.75 bits per heavy atom. The number of fused-ring (bicyclic) bond motifs is 1. The fourth-order valence-electron chi connectivity index (χ4n) is 1.06. The van der Waals surface area contributed by atoms with E-state index in [1.165, 1.54) is 0 Å². The molecular formula is C8H9ClN2O. The quantitative estimate of drug-likeness (QED) is 0.631. The van der Waals surface area contributed by atoms with E-state index in [0.717, 1.165) is 11.1 Å². The summed E-state index contributed by atoms with van der Waals surface area (Å²) in [5.74, 6) is 0.668. The maximum absolute atomic E-state index is 5.23. The van der Waals surface area contributed by atoms with Gasteiger partial charge in [0, 0.05) is 13.1 Å². The number of oxazole rings is 1. The summed E-state index contributed by atoms with van der Waals surface area (Å²) in [7, 11) is 0. The molecule has 2 aromatic heterocycles. The van der Waals surface area contributed by atoms with Crippen molar-refractivity contribution in [3.8, 4) is 0 Å². The van der Waals surface area contributed by atoms with E-state index < -0.39 is 0 Å². The van der Waals surface area contributed by atoms with Gasteiger partial charge >= 0.3 is 0 Å². The number of rotatable bonds is 0. The van der Waals surface area contributed by atoms with E-state index in [-0.39, 0.29) is 12.4 Å². The van der Waals surface area contributed by atoms with Crippen LogP contribution in [0.15, 0.2) is 16.7 Å². The Morgan fingerprint density at radius 2 is 2.08 bits per heavy atom. The third-order valence-electron chi connectivity index (χ3n) is 1.61. The smallest absolute Gasteiger partial charge is 0.247 e. The van der Waals surface area contributed by atoms with E-state index in [9.17, 15) is 0 Å². The van der Waals surface area contributed by atoms with Gasteiger partial charge in [-0.3, -0.25) is 0 Å². The minimum Gasteiger partial charge on any atom is -0.423 e. The van der Waals surface area contributed by atoms with Crippen molar-refractivity contribution in [2.24, 2.45) is 0 Å². The first kappa shape index (κ1) is 9.00. The topological polar surface area (TPSA) is 38.9 Å². The lowest BCUT2D eigenvalue weighted by Crippen LogP contribution is -1.77. The van der Waals surface area contributed by atoms with Crippen LogP contribution in [0, 0.1) is 13.8 Å². The standard InChI is InChI=1S/C8H8N2O.ClH/c1-5-3-4-9-8-7(5)10-6(2)11-8;/h3-4H,1-2H3;1H. The highest BCUT2D eigenvalue weighted by atomic mass is 35.5. The van der Waals surface area contributed by atoms with Crippen LogP contribution in [0.2, 0.25) is 0 Å². The van der Waals surface area contributed by atoms with Crippen molar-refractivity contribution in [2.75, 3.05) is 0 Å². The SMILES string of the molecule is Cc1nc2c(C)ccnc2o1.Cl. The molecule has 3 nitrogen and oxygen atoms in total. The maximum atomic E-state index is 5.23. The van der Waals surface area contributed by atoms with Gasteiger partial charge in [-0.25, -0.2) is 9.97 Å². The van der Waals surface area contributed by atoms with E-state index in [4.69, 9.17) is 4.42 Å². The van der Waals surface area contributed by atoms with Crippen molar-refractivity contribution < 1.29 is 4.42 Å². The van der Waals surface area contributed by atoms with E-state index >= 15 is 0 Å². The van der Waals surface area contributed by atoms with Gasteiger partial charge in [-0.15, -0.1) is 12.4 Å². The van der Waals surface area contributed by atoms with Crippen molar-refractivity contribution in [1.29, 1.82) is 0 Å². The average molecular weight is 185 g/mol. The van der Waals surface area contributed by atoms with Crippen LogP contribution in [0.5, 0.6) is 0 Å². The molecule has 0 amide bonds. The molecule has 0 radical (unpaired) electrons. The highest BCUT2D eigenvalue weighted by Crippen LogP contribution is 2.15. The molecular weight excluding hydrogens is 176 g/mol. The molecule has 0 saturated heterocycles. The van der Waals surface area contributed by atoms with Gasteiger partial charge in [0.15, 0.2) is 5.89 Å². The summed E-state index contributed by atoms with van der Waals surface area (Å²) in [4.78, 5) is 8.22. The van der Waals surface area contributed by atoms with Gasteiger partial charge in [-0.05, 0) is 18.6 Å². The molecule has 0 aliphatic rings. The monoisotopic (exact) mass is 184 g/mol. The van der Waals surface area contributed by atoms with Gasteiger partial charge in [0.2, 0.25) is 5.71 Å².